The number of sulfonamides is 1. The number of methoxy groups -OCH3 is 1. The number of amides is 1. The van der Waals surface area contributed by atoms with Gasteiger partial charge in [0.15, 0.2) is 0 Å². The molecule has 1 aliphatic carbocycles. The van der Waals surface area contributed by atoms with Crippen LogP contribution in [0.4, 0.5) is 5.69 Å². The molecule has 1 aliphatic heterocycles. The van der Waals surface area contributed by atoms with Crippen LogP contribution in [0.5, 0.6) is 5.75 Å². The van der Waals surface area contributed by atoms with Crippen molar-refractivity contribution in [3.63, 3.8) is 0 Å². The standard InChI is InChI=1S/C25H23ClN4O4S/c1-34-19-4-5-20-17(8-19)10-28-11-23(20)29-24(31)22-13-30(12-16-2-3-18(26)9-21(16)22)35(32,33)15-25(14-27)6-7-25/h2-5,8-11,22H,6-7,12-13,15H2,1H3,(H,29,31). The number of carbonyl (C=O) groups is 1. The lowest BCUT2D eigenvalue weighted by Crippen LogP contribution is -2.44. The third-order valence-electron chi connectivity index (χ3n) is 6.70. The van der Waals surface area contributed by atoms with Gasteiger partial charge in [0.2, 0.25) is 15.9 Å². The number of nitrogens with zero attached hydrogens (tertiary/aromatic N) is 3. The molecule has 1 aromatic heterocycles. The number of halogens is 1. The Morgan fingerprint density at radius 2 is 2.09 bits per heavy atom. The van der Waals surface area contributed by atoms with E-state index in [9.17, 15) is 18.5 Å². The van der Waals surface area contributed by atoms with E-state index < -0.39 is 21.4 Å². The average molecular weight is 511 g/mol. The van der Waals surface area contributed by atoms with Gasteiger partial charge in [0.25, 0.3) is 0 Å². The molecule has 1 saturated carbocycles. The molecule has 1 unspecified atom stereocenters. The molecule has 0 radical (unpaired) electrons. The smallest absolute Gasteiger partial charge is 0.233 e. The summed E-state index contributed by atoms with van der Waals surface area (Å²) >= 11 is 6.23. The molecule has 10 heteroatoms. The van der Waals surface area contributed by atoms with Gasteiger partial charge in [0, 0.05) is 35.1 Å². The monoisotopic (exact) mass is 510 g/mol. The highest BCUT2D eigenvalue weighted by Gasteiger charge is 2.49. The van der Waals surface area contributed by atoms with E-state index in [4.69, 9.17) is 16.3 Å². The fraction of sp³-hybridized carbons (Fsp3) is 0.320. The van der Waals surface area contributed by atoms with Gasteiger partial charge in [-0.3, -0.25) is 9.78 Å². The Bertz CT molecular complexity index is 1480. The first kappa shape index (κ1) is 23.5. The number of nitrogens with one attached hydrogen (secondary N) is 1. The fourth-order valence-corrected chi connectivity index (χ4v) is 6.63. The Hall–Kier alpha value is -3.19. The molecule has 180 valence electrons. The Labute approximate surface area is 208 Å². The van der Waals surface area contributed by atoms with Gasteiger partial charge in [0.1, 0.15) is 5.75 Å². The third kappa shape index (κ3) is 4.57. The first-order valence-corrected chi connectivity index (χ1v) is 13.1. The van der Waals surface area contributed by atoms with E-state index in [1.807, 2.05) is 12.1 Å². The zero-order chi connectivity index (χ0) is 24.8. The largest absolute Gasteiger partial charge is 0.497 e. The first-order valence-electron chi connectivity index (χ1n) is 11.1. The van der Waals surface area contributed by atoms with E-state index in [1.165, 1.54) is 4.31 Å². The molecular weight excluding hydrogens is 488 g/mol. The van der Waals surface area contributed by atoms with Crippen molar-refractivity contribution in [2.45, 2.75) is 25.3 Å². The van der Waals surface area contributed by atoms with E-state index in [2.05, 4.69) is 16.4 Å². The van der Waals surface area contributed by atoms with Gasteiger partial charge in [-0.15, -0.1) is 0 Å². The molecule has 2 aliphatic rings. The van der Waals surface area contributed by atoms with Gasteiger partial charge in [-0.05, 0) is 54.3 Å². The number of anilines is 1. The maximum absolute atomic E-state index is 13.6. The van der Waals surface area contributed by atoms with Crippen molar-refractivity contribution in [3.05, 3.63) is 64.9 Å². The first-order chi connectivity index (χ1) is 16.7. The minimum Gasteiger partial charge on any atom is -0.497 e. The van der Waals surface area contributed by atoms with Crippen molar-refractivity contribution in [2.24, 2.45) is 5.41 Å². The van der Waals surface area contributed by atoms with Crippen LogP contribution in [0.15, 0.2) is 48.8 Å². The summed E-state index contributed by atoms with van der Waals surface area (Å²) in [5, 5.41) is 14.4. The lowest BCUT2D eigenvalue weighted by atomic mass is 9.90. The van der Waals surface area contributed by atoms with Crippen LogP contribution >= 0.6 is 11.6 Å². The van der Waals surface area contributed by atoms with Gasteiger partial charge in [-0.1, -0.05) is 17.7 Å². The number of hydrogen-bond acceptors (Lipinski definition) is 6. The van der Waals surface area contributed by atoms with Crippen molar-refractivity contribution in [1.29, 1.82) is 5.26 Å². The molecule has 1 atom stereocenters. The van der Waals surface area contributed by atoms with Gasteiger partial charge in [-0.25, -0.2) is 8.42 Å². The normalized spacial score (nSPS) is 18.9. The lowest BCUT2D eigenvalue weighted by molar-refractivity contribution is -0.118. The third-order valence-corrected chi connectivity index (χ3v) is 8.92. The van der Waals surface area contributed by atoms with Crippen LogP contribution in [0.25, 0.3) is 10.8 Å². The van der Waals surface area contributed by atoms with Crippen molar-refractivity contribution in [3.8, 4) is 11.8 Å². The molecule has 1 fully saturated rings. The van der Waals surface area contributed by atoms with Crippen LogP contribution in [-0.2, 0) is 21.4 Å². The zero-order valence-corrected chi connectivity index (χ0v) is 20.6. The molecule has 0 spiro atoms. The maximum Gasteiger partial charge on any atom is 0.233 e. The van der Waals surface area contributed by atoms with Gasteiger partial charge in [0.05, 0.1) is 42.1 Å². The number of pyridine rings is 1. The molecule has 0 bridgehead atoms. The molecule has 1 amide bonds. The van der Waals surface area contributed by atoms with E-state index >= 15 is 0 Å². The molecule has 35 heavy (non-hydrogen) atoms. The number of rotatable bonds is 6. The van der Waals surface area contributed by atoms with Crippen molar-refractivity contribution in [1.82, 2.24) is 9.29 Å². The number of hydrogen-bond donors (Lipinski definition) is 1. The second kappa shape index (κ2) is 8.79. The molecule has 5 rings (SSSR count). The number of fused-ring (bicyclic) bond motifs is 2. The summed E-state index contributed by atoms with van der Waals surface area (Å²) in [6.07, 6.45) is 4.39. The fourth-order valence-electron chi connectivity index (χ4n) is 4.51. The molecule has 2 heterocycles. The number of nitriles is 1. The molecule has 1 N–H and O–H groups in total. The quantitative estimate of drug-likeness (QED) is 0.535. The van der Waals surface area contributed by atoms with Gasteiger partial charge >= 0.3 is 0 Å². The Morgan fingerprint density at radius 3 is 2.80 bits per heavy atom. The summed E-state index contributed by atoms with van der Waals surface area (Å²) in [5.74, 6) is -0.703. The summed E-state index contributed by atoms with van der Waals surface area (Å²) in [4.78, 5) is 17.8. The Kier molecular flexibility index (Phi) is 5.91. The average Bonchev–Trinajstić information content (AvgIpc) is 3.62. The highest BCUT2D eigenvalue weighted by Crippen LogP contribution is 2.47. The molecular formula is C25H23ClN4O4S. The zero-order valence-electron chi connectivity index (χ0n) is 19.0. The van der Waals surface area contributed by atoms with Crippen molar-refractivity contribution >= 4 is 44.0 Å². The summed E-state index contributed by atoms with van der Waals surface area (Å²) < 4.78 is 33.1. The van der Waals surface area contributed by atoms with Crippen LogP contribution in [-0.4, -0.2) is 43.0 Å². The van der Waals surface area contributed by atoms with E-state index in [0.29, 0.717) is 40.4 Å². The minimum absolute atomic E-state index is 0.0327. The minimum atomic E-state index is -3.75. The van der Waals surface area contributed by atoms with Crippen LogP contribution < -0.4 is 10.1 Å². The summed E-state index contributed by atoms with van der Waals surface area (Å²) in [7, 11) is -2.18. The SMILES string of the molecule is COc1ccc2c(NC(=O)C3CN(S(=O)(=O)CC4(C#N)CC4)Cc4ccc(Cl)cc43)cncc2c1. The van der Waals surface area contributed by atoms with Crippen molar-refractivity contribution in [2.75, 3.05) is 24.7 Å². The molecule has 2 aromatic carbocycles. The van der Waals surface area contributed by atoms with E-state index in [1.54, 1.807) is 43.8 Å². The van der Waals surface area contributed by atoms with Crippen LogP contribution in [0.1, 0.15) is 29.9 Å². The van der Waals surface area contributed by atoms with E-state index in [-0.39, 0.29) is 24.7 Å². The Balaban J connectivity index is 1.47. The predicted molar refractivity (Wildman–Crippen MR) is 133 cm³/mol. The Morgan fingerprint density at radius 1 is 1.29 bits per heavy atom. The lowest BCUT2D eigenvalue weighted by Gasteiger charge is -2.34. The molecule has 0 saturated heterocycles. The predicted octanol–water partition coefficient (Wildman–Crippen LogP) is 4.07. The maximum atomic E-state index is 13.6. The van der Waals surface area contributed by atoms with Crippen LogP contribution in [0, 0.1) is 16.7 Å². The summed E-state index contributed by atoms with van der Waals surface area (Å²) in [6.45, 7) is 0.102. The topological polar surface area (TPSA) is 112 Å². The highest BCUT2D eigenvalue weighted by molar-refractivity contribution is 7.89. The van der Waals surface area contributed by atoms with E-state index in [0.717, 1.165) is 10.8 Å². The van der Waals surface area contributed by atoms with Gasteiger partial charge in [-0.2, -0.15) is 9.57 Å². The number of aromatic nitrogens is 1. The highest BCUT2D eigenvalue weighted by atomic mass is 35.5. The second-order valence-corrected chi connectivity index (χ2v) is 11.5. The molecule has 8 nitrogen and oxygen atoms in total. The van der Waals surface area contributed by atoms with Crippen molar-refractivity contribution < 1.29 is 17.9 Å². The summed E-state index contributed by atoms with van der Waals surface area (Å²) in [6, 6.07) is 12.8. The molecule has 3 aromatic rings. The van der Waals surface area contributed by atoms with Gasteiger partial charge < -0.3 is 10.1 Å². The second-order valence-electron chi connectivity index (χ2n) is 9.10. The summed E-state index contributed by atoms with van der Waals surface area (Å²) in [5.41, 5.74) is 1.11. The van der Waals surface area contributed by atoms with Crippen LogP contribution in [0.3, 0.4) is 0 Å². The number of carbonyl (C=O) groups excluding carboxylic acids is 1. The van der Waals surface area contributed by atoms with Crippen LogP contribution in [0.2, 0.25) is 5.02 Å². The number of benzene rings is 2. The number of ether oxygens (including phenoxy) is 1.